The number of rotatable bonds is 6. The maximum atomic E-state index is 12.4. The number of nitro benzene ring substituents is 1. The lowest BCUT2D eigenvalue weighted by atomic mass is 10.1. The molecule has 9 nitrogen and oxygen atoms in total. The highest BCUT2D eigenvalue weighted by molar-refractivity contribution is 7.89. The predicted octanol–water partition coefficient (Wildman–Crippen LogP) is 0.0835. The molecule has 1 atom stereocenters. The van der Waals surface area contributed by atoms with E-state index in [1.165, 1.54) is 25.2 Å². The van der Waals surface area contributed by atoms with Crippen LogP contribution in [-0.4, -0.2) is 56.3 Å². The molecule has 0 aliphatic carbocycles. The first-order valence-corrected chi connectivity index (χ1v) is 8.95. The van der Waals surface area contributed by atoms with Crippen LogP contribution in [0.25, 0.3) is 0 Å². The number of carbonyl (C=O) groups excluding carboxylic acids is 1. The molecule has 0 aromatic heterocycles. The second kappa shape index (κ2) is 7.69. The number of hydrogen-bond donors (Lipinski definition) is 2. The smallest absolute Gasteiger partial charge is 0.270 e. The Morgan fingerprint density at radius 2 is 2.25 bits per heavy atom. The van der Waals surface area contributed by atoms with E-state index in [9.17, 15) is 23.3 Å². The Bertz CT molecular complexity index is 716. The van der Waals surface area contributed by atoms with Gasteiger partial charge >= 0.3 is 0 Å². The van der Waals surface area contributed by atoms with Gasteiger partial charge in [0.25, 0.3) is 5.69 Å². The maximum Gasteiger partial charge on any atom is 0.270 e. The van der Waals surface area contributed by atoms with Crippen LogP contribution in [0, 0.1) is 10.1 Å². The van der Waals surface area contributed by atoms with Crippen LogP contribution < -0.4 is 10.6 Å². The Labute approximate surface area is 140 Å². The molecule has 0 bridgehead atoms. The molecule has 0 saturated carbocycles. The number of benzene rings is 1. The summed E-state index contributed by atoms with van der Waals surface area (Å²) in [6, 6.07) is 4.74. The normalized spacial score (nSPS) is 18.3. The molecule has 1 aromatic carbocycles. The van der Waals surface area contributed by atoms with Gasteiger partial charge in [0, 0.05) is 31.8 Å². The van der Waals surface area contributed by atoms with E-state index in [0.717, 1.165) is 29.8 Å². The first-order valence-electron chi connectivity index (χ1n) is 7.51. The minimum Gasteiger partial charge on any atom is -0.351 e. The van der Waals surface area contributed by atoms with Crippen molar-refractivity contribution in [1.29, 1.82) is 0 Å². The van der Waals surface area contributed by atoms with Crippen LogP contribution in [-0.2, 0) is 14.8 Å². The van der Waals surface area contributed by atoms with Gasteiger partial charge in [-0.2, -0.15) is 4.31 Å². The third kappa shape index (κ3) is 4.49. The zero-order valence-electron chi connectivity index (χ0n) is 13.3. The van der Waals surface area contributed by atoms with Crippen molar-refractivity contribution < 1.29 is 18.1 Å². The highest BCUT2D eigenvalue weighted by Crippen LogP contribution is 2.20. The van der Waals surface area contributed by atoms with E-state index in [2.05, 4.69) is 10.6 Å². The zero-order valence-corrected chi connectivity index (χ0v) is 14.1. The molecule has 1 saturated heterocycles. The molecule has 1 unspecified atom stereocenters. The van der Waals surface area contributed by atoms with E-state index >= 15 is 0 Å². The van der Waals surface area contributed by atoms with Gasteiger partial charge in [-0.05, 0) is 25.5 Å². The molecule has 10 heteroatoms. The highest BCUT2D eigenvalue weighted by Gasteiger charge is 2.25. The Balaban J connectivity index is 2.04. The molecule has 24 heavy (non-hydrogen) atoms. The molecule has 132 valence electrons. The second-order valence-corrected chi connectivity index (χ2v) is 7.67. The number of nitrogens with one attached hydrogen (secondary N) is 2. The summed E-state index contributed by atoms with van der Waals surface area (Å²) in [7, 11) is -2.71. The van der Waals surface area contributed by atoms with Gasteiger partial charge in [0.05, 0.1) is 16.4 Å². The summed E-state index contributed by atoms with van der Waals surface area (Å²) in [6.45, 7) is 1.22. The molecule has 1 aliphatic heterocycles. The van der Waals surface area contributed by atoms with Crippen molar-refractivity contribution in [2.45, 2.75) is 23.8 Å². The van der Waals surface area contributed by atoms with Crippen LogP contribution >= 0.6 is 0 Å². The molecule has 2 N–H and O–H groups in total. The van der Waals surface area contributed by atoms with Crippen molar-refractivity contribution in [2.75, 3.05) is 26.7 Å². The Morgan fingerprint density at radius 1 is 1.50 bits per heavy atom. The fourth-order valence-corrected chi connectivity index (χ4v) is 3.64. The summed E-state index contributed by atoms with van der Waals surface area (Å²) in [5, 5.41) is 16.7. The molecule has 1 aromatic rings. The monoisotopic (exact) mass is 356 g/mol. The number of nitro groups is 1. The number of non-ortho nitro benzene ring substituents is 1. The second-order valence-electron chi connectivity index (χ2n) is 5.63. The standard InChI is InChI=1S/C14H20N4O5S/c1-17(10-14(19)16-11-4-3-7-15-9-11)24(22,23)13-6-2-5-12(8-13)18(20)21/h2,5-6,8,11,15H,3-4,7,9-10H2,1H3,(H,16,19). The zero-order chi connectivity index (χ0) is 17.7. The van der Waals surface area contributed by atoms with Crippen LogP contribution in [0.4, 0.5) is 5.69 Å². The number of piperidine rings is 1. The van der Waals surface area contributed by atoms with E-state index in [0.29, 0.717) is 6.54 Å². The fourth-order valence-electron chi connectivity index (χ4n) is 2.47. The van der Waals surface area contributed by atoms with E-state index in [-0.39, 0.29) is 23.2 Å². The van der Waals surface area contributed by atoms with Crippen molar-refractivity contribution >= 4 is 21.6 Å². The third-order valence-electron chi connectivity index (χ3n) is 3.76. The Morgan fingerprint density at radius 3 is 2.88 bits per heavy atom. The quantitative estimate of drug-likeness (QED) is 0.550. The van der Waals surface area contributed by atoms with Gasteiger partial charge in [0.1, 0.15) is 0 Å². The average molecular weight is 356 g/mol. The van der Waals surface area contributed by atoms with Crippen molar-refractivity contribution in [3.8, 4) is 0 Å². The van der Waals surface area contributed by atoms with E-state index in [1.807, 2.05) is 0 Å². The number of sulfonamides is 1. The minimum absolute atomic E-state index is 0.0137. The summed E-state index contributed by atoms with van der Waals surface area (Å²) in [4.78, 5) is 21.9. The van der Waals surface area contributed by atoms with Gasteiger partial charge in [0.2, 0.25) is 15.9 Å². The lowest BCUT2D eigenvalue weighted by Gasteiger charge is -2.25. The van der Waals surface area contributed by atoms with Gasteiger partial charge in [-0.15, -0.1) is 0 Å². The third-order valence-corrected chi connectivity index (χ3v) is 5.56. The van der Waals surface area contributed by atoms with Crippen molar-refractivity contribution in [2.24, 2.45) is 0 Å². The van der Waals surface area contributed by atoms with Gasteiger partial charge < -0.3 is 10.6 Å². The maximum absolute atomic E-state index is 12.4. The molecule has 2 rings (SSSR count). The van der Waals surface area contributed by atoms with Crippen LogP contribution in [0.5, 0.6) is 0 Å². The summed E-state index contributed by atoms with van der Waals surface area (Å²) in [5.41, 5.74) is -0.317. The largest absolute Gasteiger partial charge is 0.351 e. The van der Waals surface area contributed by atoms with Crippen LogP contribution in [0.1, 0.15) is 12.8 Å². The lowest BCUT2D eigenvalue weighted by Crippen LogP contribution is -2.48. The van der Waals surface area contributed by atoms with Gasteiger partial charge in [0.15, 0.2) is 0 Å². The average Bonchev–Trinajstić information content (AvgIpc) is 2.55. The van der Waals surface area contributed by atoms with Gasteiger partial charge in [-0.25, -0.2) is 8.42 Å². The number of hydrogen-bond acceptors (Lipinski definition) is 6. The molecule has 0 spiro atoms. The van der Waals surface area contributed by atoms with Gasteiger partial charge in [-0.1, -0.05) is 6.07 Å². The molecule has 1 fully saturated rings. The molecule has 1 aliphatic rings. The van der Waals surface area contributed by atoms with Crippen LogP contribution in [0.2, 0.25) is 0 Å². The highest BCUT2D eigenvalue weighted by atomic mass is 32.2. The lowest BCUT2D eigenvalue weighted by molar-refractivity contribution is -0.385. The van der Waals surface area contributed by atoms with Crippen molar-refractivity contribution in [3.05, 3.63) is 34.4 Å². The van der Waals surface area contributed by atoms with Crippen molar-refractivity contribution in [3.63, 3.8) is 0 Å². The fraction of sp³-hybridized carbons (Fsp3) is 0.500. The van der Waals surface area contributed by atoms with Crippen LogP contribution in [0.15, 0.2) is 29.2 Å². The van der Waals surface area contributed by atoms with Crippen LogP contribution in [0.3, 0.4) is 0 Å². The van der Waals surface area contributed by atoms with E-state index in [4.69, 9.17) is 0 Å². The Hall–Kier alpha value is -2.04. The van der Waals surface area contributed by atoms with E-state index < -0.39 is 20.9 Å². The topological polar surface area (TPSA) is 122 Å². The summed E-state index contributed by atoms with van der Waals surface area (Å²) < 4.78 is 25.8. The number of nitrogens with zero attached hydrogens (tertiary/aromatic N) is 2. The van der Waals surface area contributed by atoms with Crippen molar-refractivity contribution in [1.82, 2.24) is 14.9 Å². The molecular formula is C14H20N4O5S. The Kier molecular flexibility index (Phi) is 5.86. The molecular weight excluding hydrogens is 336 g/mol. The molecule has 1 amide bonds. The number of carbonyl (C=O) groups is 1. The summed E-state index contributed by atoms with van der Waals surface area (Å²) in [6.07, 6.45) is 1.80. The van der Waals surface area contributed by atoms with Gasteiger partial charge in [-0.3, -0.25) is 14.9 Å². The molecule has 0 radical (unpaired) electrons. The number of likely N-dealkylation sites (N-methyl/N-ethyl adjacent to an activating group) is 1. The summed E-state index contributed by atoms with van der Waals surface area (Å²) >= 11 is 0. The first kappa shape index (κ1) is 18.3. The van der Waals surface area contributed by atoms with E-state index in [1.54, 1.807) is 0 Å². The first-order chi connectivity index (χ1) is 11.3. The minimum atomic E-state index is -3.98. The predicted molar refractivity (Wildman–Crippen MR) is 86.9 cm³/mol. The summed E-state index contributed by atoms with van der Waals surface area (Å²) in [5.74, 6) is -0.403. The SMILES string of the molecule is CN(CC(=O)NC1CCCNC1)S(=O)(=O)c1cccc([N+](=O)[O-])c1. The molecule has 1 heterocycles. The number of amides is 1.